The molecule has 5 N–H and O–H groups in total. The van der Waals surface area contributed by atoms with Crippen LogP contribution in [0.4, 0.5) is 0 Å². The van der Waals surface area contributed by atoms with Crippen LogP contribution < -0.4 is 0 Å². The maximum absolute atomic E-state index is 12.6. The molecule has 0 aromatic carbocycles. The summed E-state index contributed by atoms with van der Waals surface area (Å²) in [6.45, 7) is 4.75. The smallest absolute Gasteiger partial charge is 0.331 e. The third kappa shape index (κ3) is 4.71. The fraction of sp³-hybridized carbons (Fsp3) is 0.875. The van der Waals surface area contributed by atoms with Crippen molar-refractivity contribution in [3.8, 4) is 0 Å². The Hall–Kier alpha value is -1.40. The van der Waals surface area contributed by atoms with E-state index in [1.165, 1.54) is 0 Å². The van der Waals surface area contributed by atoms with Crippen molar-refractivity contribution in [1.82, 2.24) is 0 Å². The Bertz CT molecular complexity index is 1090. The molecule has 0 spiro atoms. The van der Waals surface area contributed by atoms with Gasteiger partial charge in [-0.1, -0.05) is 6.92 Å². The Morgan fingerprint density at radius 1 is 1.10 bits per heavy atom. The molecule has 0 bridgehead atoms. The van der Waals surface area contributed by atoms with Crippen LogP contribution in [0.3, 0.4) is 0 Å². The zero-order valence-corrected chi connectivity index (χ0v) is 25.0. The van der Waals surface area contributed by atoms with Gasteiger partial charge >= 0.3 is 5.97 Å². The van der Waals surface area contributed by atoms with Crippen molar-refractivity contribution in [3.05, 3.63) is 11.6 Å². The van der Waals surface area contributed by atoms with Gasteiger partial charge in [0.1, 0.15) is 12.7 Å². The number of esters is 1. The molecule has 6 aliphatic rings. The summed E-state index contributed by atoms with van der Waals surface area (Å²) in [7, 11) is 0. The predicted octanol–water partition coefficient (Wildman–Crippen LogP) is 2.03. The fourth-order valence-electron chi connectivity index (χ4n) is 10.2. The van der Waals surface area contributed by atoms with Crippen molar-refractivity contribution in [2.75, 3.05) is 19.8 Å². The highest BCUT2D eigenvalue weighted by atomic mass is 16.7. The van der Waals surface area contributed by atoms with E-state index in [1.54, 1.807) is 13.0 Å². The molecular weight excluding hydrogens is 542 g/mol. The number of hydrogen-bond donors (Lipinski definition) is 5. The van der Waals surface area contributed by atoms with Crippen molar-refractivity contribution in [1.29, 1.82) is 0 Å². The number of carbonyl (C=O) groups excluding carboxylic acids is 1. The van der Waals surface area contributed by atoms with Crippen LogP contribution in [0.1, 0.15) is 84.5 Å². The molecule has 10 heteroatoms. The molecule has 0 unspecified atom stereocenters. The number of nitrogens with zero attached hydrogens (tertiary/aromatic N) is 1. The molecule has 12 atom stereocenters. The number of hydrogen-bond acceptors (Lipinski definition) is 10. The lowest BCUT2D eigenvalue weighted by Crippen LogP contribution is -2.69. The molecule has 0 aromatic heterocycles. The van der Waals surface area contributed by atoms with Crippen LogP contribution in [0.25, 0.3) is 0 Å². The van der Waals surface area contributed by atoms with Gasteiger partial charge in [0.25, 0.3) is 0 Å². The van der Waals surface area contributed by atoms with Gasteiger partial charge in [0, 0.05) is 49.1 Å². The number of rotatable bonds is 7. The zero-order valence-electron chi connectivity index (χ0n) is 25.0. The second-order valence-electron chi connectivity index (χ2n) is 14.3. The van der Waals surface area contributed by atoms with E-state index < -0.39 is 41.2 Å². The Morgan fingerprint density at radius 2 is 1.88 bits per heavy atom. The van der Waals surface area contributed by atoms with E-state index >= 15 is 0 Å². The molecule has 5 fully saturated rings. The molecule has 0 aromatic rings. The van der Waals surface area contributed by atoms with Crippen LogP contribution in [-0.4, -0.2) is 99.4 Å². The maximum Gasteiger partial charge on any atom is 0.331 e. The van der Waals surface area contributed by atoms with Gasteiger partial charge in [-0.05, 0) is 88.0 Å². The van der Waals surface area contributed by atoms with E-state index in [9.17, 15) is 30.3 Å². The maximum atomic E-state index is 12.6. The molecule has 0 amide bonds. The molecular formula is C32H49NO9. The van der Waals surface area contributed by atoms with Crippen molar-refractivity contribution in [2.45, 2.75) is 126 Å². The number of ether oxygens (including phenoxy) is 3. The largest absolute Gasteiger partial charge is 0.458 e. The third-order valence-electron chi connectivity index (χ3n) is 12.4. The summed E-state index contributed by atoms with van der Waals surface area (Å²) in [4.78, 5) is 16.7. The summed E-state index contributed by atoms with van der Waals surface area (Å²) >= 11 is 0. The first-order chi connectivity index (χ1) is 20.0. The summed E-state index contributed by atoms with van der Waals surface area (Å²) in [5, 5.41) is 54.8. The molecule has 6 rings (SSSR count). The number of aliphatic hydroxyl groups excluding tert-OH is 3. The average Bonchev–Trinajstić information content (AvgIpc) is 3.49. The lowest BCUT2D eigenvalue weighted by atomic mass is 9.41. The fourth-order valence-corrected chi connectivity index (χ4v) is 10.2. The molecule has 236 valence electrons. The third-order valence-corrected chi connectivity index (χ3v) is 12.4. The number of aliphatic imine (C=N–C) groups is 1. The summed E-state index contributed by atoms with van der Waals surface area (Å²) in [5.74, 6) is -0.177. The second-order valence-corrected chi connectivity index (χ2v) is 14.3. The number of carbonyl (C=O) groups is 1. The molecule has 4 saturated carbocycles. The highest BCUT2D eigenvalue weighted by Gasteiger charge is 2.71. The van der Waals surface area contributed by atoms with Gasteiger partial charge in [-0.15, -0.1) is 0 Å². The summed E-state index contributed by atoms with van der Waals surface area (Å²) in [6.07, 6.45) is 7.02. The van der Waals surface area contributed by atoms with E-state index in [2.05, 4.69) is 6.92 Å². The van der Waals surface area contributed by atoms with Crippen LogP contribution in [0.2, 0.25) is 0 Å². The predicted molar refractivity (Wildman–Crippen MR) is 152 cm³/mol. The summed E-state index contributed by atoms with van der Waals surface area (Å²) < 4.78 is 17.4. The quantitative estimate of drug-likeness (QED) is 0.129. The lowest BCUT2D eigenvalue weighted by Gasteiger charge is -2.66. The lowest BCUT2D eigenvalue weighted by molar-refractivity contribution is -0.282. The van der Waals surface area contributed by atoms with Gasteiger partial charge in [0.05, 0.1) is 29.5 Å². The van der Waals surface area contributed by atoms with E-state index in [0.29, 0.717) is 58.1 Å². The molecule has 4 aliphatic carbocycles. The van der Waals surface area contributed by atoms with E-state index in [-0.39, 0.29) is 48.3 Å². The van der Waals surface area contributed by atoms with Gasteiger partial charge in [-0.25, -0.2) is 4.79 Å². The number of cyclic esters (lactones) is 1. The minimum Gasteiger partial charge on any atom is -0.458 e. The van der Waals surface area contributed by atoms with E-state index in [0.717, 1.165) is 24.8 Å². The van der Waals surface area contributed by atoms with Crippen molar-refractivity contribution in [2.24, 2.45) is 33.6 Å². The van der Waals surface area contributed by atoms with E-state index in [4.69, 9.17) is 19.2 Å². The first kappa shape index (κ1) is 30.6. The van der Waals surface area contributed by atoms with Crippen molar-refractivity contribution in [3.63, 3.8) is 0 Å². The molecule has 0 radical (unpaired) electrons. The van der Waals surface area contributed by atoms with Crippen LogP contribution in [-0.2, 0) is 19.0 Å². The van der Waals surface area contributed by atoms with Gasteiger partial charge in [-0.2, -0.15) is 0 Å². The molecule has 42 heavy (non-hydrogen) atoms. The monoisotopic (exact) mass is 591 g/mol. The van der Waals surface area contributed by atoms with Crippen LogP contribution in [0.5, 0.6) is 0 Å². The standard InChI is InChI=1S/C32H49NO9/c1-19-28(37)25(35)15-27(41-19)42-21-4-9-30(18-33-12-3-13-34)23-5-8-29(2)22(20-14-26(36)40-17-20)7-11-32(29,39)24(23)6-10-31(30,38)16-21/h14,18-19,21-25,27-28,34-35,37-39H,3-13,15-17H2,1-2H3/t19-,21+,22-,23-,24+,25-,27+,28+,29+,30-,31-,32-/m0/s1. The normalized spacial score (nSPS) is 50.6. The van der Waals surface area contributed by atoms with E-state index in [1.807, 2.05) is 6.21 Å². The van der Waals surface area contributed by atoms with Gasteiger partial charge < -0.3 is 39.7 Å². The van der Waals surface area contributed by atoms with Crippen molar-refractivity contribution >= 4 is 12.2 Å². The molecule has 1 saturated heterocycles. The van der Waals surface area contributed by atoms with Gasteiger partial charge in [0.2, 0.25) is 0 Å². The van der Waals surface area contributed by atoms with Crippen LogP contribution in [0, 0.1) is 28.6 Å². The second kappa shape index (κ2) is 11.2. The zero-order chi connectivity index (χ0) is 29.9. The highest BCUT2D eigenvalue weighted by Crippen LogP contribution is 2.70. The topological polar surface area (TPSA) is 158 Å². The Balaban J connectivity index is 1.26. The minimum atomic E-state index is -1.09. The first-order valence-electron chi connectivity index (χ1n) is 16.1. The summed E-state index contributed by atoms with van der Waals surface area (Å²) in [6, 6.07) is 0. The number of aliphatic hydroxyl groups is 5. The Kier molecular flexibility index (Phi) is 8.16. The van der Waals surface area contributed by atoms with Crippen molar-refractivity contribution < 1.29 is 44.5 Å². The molecule has 10 nitrogen and oxygen atoms in total. The average molecular weight is 592 g/mol. The first-order valence-corrected chi connectivity index (χ1v) is 16.1. The number of fused-ring (bicyclic) bond motifs is 5. The minimum absolute atomic E-state index is 0.0129. The SMILES string of the molecule is C[C@@H]1O[C@H](O[C@@H]2CC[C@]3(C=NCCCO)[C@H]4CC[C@]5(C)[C@H](C6=CC(=O)OC6)CC[C@]5(O)[C@@H]4CC[C@]3(O)C2)C[C@H](O)[C@@H]1O. The van der Waals surface area contributed by atoms with Crippen LogP contribution >= 0.6 is 0 Å². The van der Waals surface area contributed by atoms with Crippen LogP contribution in [0.15, 0.2) is 16.6 Å². The highest BCUT2D eigenvalue weighted by molar-refractivity contribution is 5.85. The Morgan fingerprint density at radius 3 is 2.60 bits per heavy atom. The molecule has 2 aliphatic heterocycles. The van der Waals surface area contributed by atoms with Gasteiger partial charge in [0.15, 0.2) is 6.29 Å². The van der Waals surface area contributed by atoms with Gasteiger partial charge in [-0.3, -0.25) is 4.99 Å². The Labute approximate surface area is 248 Å². The molecule has 2 heterocycles. The summed E-state index contributed by atoms with van der Waals surface area (Å²) in [5.41, 5.74) is -2.02.